The molecular weight excluding hydrogens is 290 g/mol. The molecular formula is C15H12ClN3O2. The van der Waals surface area contributed by atoms with Crippen LogP contribution in [0.25, 0.3) is 0 Å². The van der Waals surface area contributed by atoms with E-state index in [9.17, 15) is 10.1 Å². The van der Waals surface area contributed by atoms with Crippen molar-refractivity contribution in [3.05, 3.63) is 74.3 Å². The minimum atomic E-state index is -0.374. The van der Waals surface area contributed by atoms with Gasteiger partial charge in [-0.3, -0.25) is 15.1 Å². The van der Waals surface area contributed by atoms with Crippen molar-refractivity contribution in [3.63, 3.8) is 0 Å². The van der Waals surface area contributed by atoms with Gasteiger partial charge in [0.15, 0.2) is 0 Å². The zero-order valence-corrected chi connectivity index (χ0v) is 11.7. The summed E-state index contributed by atoms with van der Waals surface area (Å²) < 4.78 is 0. The highest BCUT2D eigenvalue weighted by molar-refractivity contribution is 6.30. The molecule has 6 heteroatoms. The van der Waals surface area contributed by atoms with Gasteiger partial charge in [0.1, 0.15) is 5.84 Å². The van der Waals surface area contributed by atoms with Crippen LogP contribution < -0.4 is 5.73 Å². The lowest BCUT2D eigenvalue weighted by Crippen LogP contribution is -2.24. The van der Waals surface area contributed by atoms with Crippen LogP contribution in [0.2, 0.25) is 5.02 Å². The van der Waals surface area contributed by atoms with E-state index in [1.807, 2.05) is 0 Å². The van der Waals surface area contributed by atoms with Crippen molar-refractivity contribution in [2.24, 2.45) is 10.7 Å². The van der Waals surface area contributed by atoms with E-state index in [1.165, 1.54) is 6.07 Å². The van der Waals surface area contributed by atoms with Crippen molar-refractivity contribution in [2.45, 2.75) is 5.92 Å². The van der Waals surface area contributed by atoms with E-state index in [0.29, 0.717) is 23.0 Å². The van der Waals surface area contributed by atoms with Gasteiger partial charge in [0.05, 0.1) is 11.5 Å². The number of nitro benzene ring substituents is 1. The van der Waals surface area contributed by atoms with Crippen molar-refractivity contribution >= 4 is 23.1 Å². The van der Waals surface area contributed by atoms with Gasteiger partial charge in [-0.25, -0.2) is 0 Å². The second-order valence-corrected chi connectivity index (χ2v) is 5.26. The molecule has 2 aromatic rings. The SMILES string of the molecule is NC1=NCC(c2ccccc2[N+](=O)[O-])c2cc(Cl)ccc21. The van der Waals surface area contributed by atoms with Gasteiger partial charge in [0.25, 0.3) is 5.69 Å². The lowest BCUT2D eigenvalue weighted by atomic mass is 9.85. The van der Waals surface area contributed by atoms with Gasteiger partial charge in [0, 0.05) is 28.1 Å². The highest BCUT2D eigenvalue weighted by Crippen LogP contribution is 2.36. The smallest absolute Gasteiger partial charge is 0.273 e. The van der Waals surface area contributed by atoms with Crippen molar-refractivity contribution in [3.8, 4) is 0 Å². The van der Waals surface area contributed by atoms with Crippen LogP contribution in [0.5, 0.6) is 0 Å². The molecule has 2 aromatic carbocycles. The Bertz CT molecular complexity index is 758. The Morgan fingerprint density at radius 1 is 1.24 bits per heavy atom. The molecule has 0 aliphatic carbocycles. The fourth-order valence-electron chi connectivity index (χ4n) is 2.64. The summed E-state index contributed by atoms with van der Waals surface area (Å²) in [5.74, 6) is 0.226. The number of rotatable bonds is 2. The Morgan fingerprint density at radius 3 is 2.76 bits per heavy atom. The Hall–Kier alpha value is -2.40. The molecule has 5 nitrogen and oxygen atoms in total. The number of aliphatic imine (C=N–C) groups is 1. The van der Waals surface area contributed by atoms with Crippen LogP contribution in [-0.4, -0.2) is 17.3 Å². The first-order chi connectivity index (χ1) is 10.1. The predicted octanol–water partition coefficient (Wildman–Crippen LogP) is 3.10. The number of amidine groups is 1. The molecule has 0 radical (unpaired) electrons. The first-order valence-electron chi connectivity index (χ1n) is 6.41. The third-order valence-electron chi connectivity index (χ3n) is 3.62. The standard InChI is InChI=1S/C15H12ClN3O2/c16-9-5-6-11-12(7-9)13(8-18-15(11)17)10-3-1-2-4-14(10)19(20)21/h1-7,13H,8H2,(H2,17,18). The van der Waals surface area contributed by atoms with E-state index in [4.69, 9.17) is 17.3 Å². The number of para-hydroxylation sites is 1. The van der Waals surface area contributed by atoms with E-state index in [2.05, 4.69) is 4.99 Å². The number of benzene rings is 2. The normalized spacial score (nSPS) is 17.0. The maximum atomic E-state index is 11.2. The fraction of sp³-hybridized carbons (Fsp3) is 0.133. The van der Waals surface area contributed by atoms with Crippen molar-refractivity contribution in [1.82, 2.24) is 0 Å². The van der Waals surface area contributed by atoms with Gasteiger partial charge in [-0.2, -0.15) is 0 Å². The number of nitrogens with zero attached hydrogens (tertiary/aromatic N) is 2. The predicted molar refractivity (Wildman–Crippen MR) is 82.0 cm³/mol. The van der Waals surface area contributed by atoms with Crippen LogP contribution in [0.3, 0.4) is 0 Å². The molecule has 0 aromatic heterocycles. The average molecular weight is 302 g/mol. The van der Waals surface area contributed by atoms with Gasteiger partial charge in [-0.15, -0.1) is 0 Å². The summed E-state index contributed by atoms with van der Waals surface area (Å²) >= 11 is 6.06. The molecule has 1 unspecified atom stereocenters. The van der Waals surface area contributed by atoms with Gasteiger partial charge in [-0.1, -0.05) is 29.8 Å². The second-order valence-electron chi connectivity index (χ2n) is 4.83. The average Bonchev–Trinajstić information content (AvgIpc) is 2.47. The molecule has 0 bridgehead atoms. The van der Waals surface area contributed by atoms with Crippen LogP contribution >= 0.6 is 11.6 Å². The first-order valence-corrected chi connectivity index (χ1v) is 6.79. The summed E-state index contributed by atoms with van der Waals surface area (Å²) in [4.78, 5) is 15.1. The van der Waals surface area contributed by atoms with E-state index in [-0.39, 0.29) is 16.5 Å². The van der Waals surface area contributed by atoms with Gasteiger partial charge in [-0.05, 0) is 23.8 Å². The van der Waals surface area contributed by atoms with Gasteiger partial charge >= 0.3 is 0 Å². The van der Waals surface area contributed by atoms with Crippen LogP contribution in [-0.2, 0) is 0 Å². The zero-order chi connectivity index (χ0) is 15.0. The highest BCUT2D eigenvalue weighted by atomic mass is 35.5. The number of hydrogen-bond donors (Lipinski definition) is 1. The van der Waals surface area contributed by atoms with Crippen LogP contribution in [0.15, 0.2) is 47.5 Å². The second kappa shape index (κ2) is 5.18. The molecule has 0 saturated heterocycles. The maximum Gasteiger partial charge on any atom is 0.273 e. The number of fused-ring (bicyclic) bond motifs is 1. The van der Waals surface area contributed by atoms with E-state index in [1.54, 1.807) is 36.4 Å². The molecule has 1 aliphatic heterocycles. The summed E-state index contributed by atoms with van der Waals surface area (Å²) in [6.07, 6.45) is 0. The Labute approximate surface area is 126 Å². The van der Waals surface area contributed by atoms with Crippen molar-refractivity contribution < 1.29 is 4.92 Å². The summed E-state index contributed by atoms with van der Waals surface area (Å²) in [6, 6.07) is 12.0. The number of nitrogens with two attached hydrogens (primary N) is 1. The van der Waals surface area contributed by atoms with Crippen molar-refractivity contribution in [1.29, 1.82) is 0 Å². The maximum absolute atomic E-state index is 11.2. The van der Waals surface area contributed by atoms with Crippen LogP contribution in [0, 0.1) is 10.1 Å². The zero-order valence-electron chi connectivity index (χ0n) is 11.0. The molecule has 3 rings (SSSR count). The molecule has 21 heavy (non-hydrogen) atoms. The van der Waals surface area contributed by atoms with Gasteiger partial charge in [0.2, 0.25) is 0 Å². The highest BCUT2D eigenvalue weighted by Gasteiger charge is 2.28. The topological polar surface area (TPSA) is 81.5 Å². The van der Waals surface area contributed by atoms with Crippen molar-refractivity contribution in [2.75, 3.05) is 6.54 Å². The Balaban J connectivity index is 2.18. The lowest BCUT2D eigenvalue weighted by molar-refractivity contribution is -0.385. The third-order valence-corrected chi connectivity index (χ3v) is 3.85. The minimum Gasteiger partial charge on any atom is -0.383 e. The van der Waals surface area contributed by atoms with Crippen LogP contribution in [0.4, 0.5) is 5.69 Å². The number of hydrogen-bond acceptors (Lipinski definition) is 4. The minimum absolute atomic E-state index is 0.0871. The van der Waals surface area contributed by atoms with E-state index in [0.717, 1.165) is 11.1 Å². The quantitative estimate of drug-likeness (QED) is 0.683. The first kappa shape index (κ1) is 13.6. The molecule has 0 fully saturated rings. The summed E-state index contributed by atoms with van der Waals surface area (Å²) in [5, 5.41) is 11.8. The molecule has 106 valence electrons. The molecule has 2 N–H and O–H groups in total. The van der Waals surface area contributed by atoms with Gasteiger partial charge < -0.3 is 5.73 Å². The summed E-state index contributed by atoms with van der Waals surface area (Å²) in [7, 11) is 0. The molecule has 0 spiro atoms. The van der Waals surface area contributed by atoms with Crippen LogP contribution in [0.1, 0.15) is 22.6 Å². The molecule has 1 atom stereocenters. The third kappa shape index (κ3) is 2.36. The monoisotopic (exact) mass is 301 g/mol. The molecule has 0 amide bonds. The molecule has 0 saturated carbocycles. The fourth-order valence-corrected chi connectivity index (χ4v) is 2.82. The lowest BCUT2D eigenvalue weighted by Gasteiger charge is -2.23. The number of halogens is 1. The number of nitro groups is 1. The Kier molecular flexibility index (Phi) is 3.35. The van der Waals surface area contributed by atoms with E-state index >= 15 is 0 Å². The summed E-state index contributed by atoms with van der Waals surface area (Å²) in [5.41, 5.74) is 8.29. The largest absolute Gasteiger partial charge is 0.383 e. The summed E-state index contributed by atoms with van der Waals surface area (Å²) in [6.45, 7) is 0.379. The Morgan fingerprint density at radius 2 is 2.00 bits per heavy atom. The molecule has 1 aliphatic rings. The molecule has 1 heterocycles. The van der Waals surface area contributed by atoms with E-state index < -0.39 is 0 Å².